The zero-order valence-electron chi connectivity index (χ0n) is 13.5. The van der Waals surface area contributed by atoms with Crippen molar-refractivity contribution in [2.45, 2.75) is 32.7 Å². The van der Waals surface area contributed by atoms with Gasteiger partial charge in [0.1, 0.15) is 24.0 Å². The molecule has 0 spiro atoms. The lowest BCUT2D eigenvalue weighted by atomic mass is 10.0. The van der Waals surface area contributed by atoms with E-state index in [1.54, 1.807) is 12.5 Å². The monoisotopic (exact) mass is 308 g/mol. The Hall–Kier alpha value is -2.68. The molecule has 1 unspecified atom stereocenters. The van der Waals surface area contributed by atoms with Crippen LogP contribution in [-0.2, 0) is 0 Å². The van der Waals surface area contributed by atoms with Gasteiger partial charge in [-0.2, -0.15) is 5.26 Å². The van der Waals surface area contributed by atoms with Gasteiger partial charge in [0.2, 0.25) is 0 Å². The maximum absolute atomic E-state index is 9.47. The van der Waals surface area contributed by atoms with Gasteiger partial charge in [0.05, 0.1) is 5.56 Å². The van der Waals surface area contributed by atoms with E-state index in [0.29, 0.717) is 5.56 Å². The van der Waals surface area contributed by atoms with Crippen LogP contribution in [0.2, 0.25) is 0 Å². The Labute approximate surface area is 136 Å². The lowest BCUT2D eigenvalue weighted by Gasteiger charge is -2.35. The summed E-state index contributed by atoms with van der Waals surface area (Å²) >= 11 is 0. The predicted octanol–water partition coefficient (Wildman–Crippen LogP) is 2.44. The summed E-state index contributed by atoms with van der Waals surface area (Å²) in [5.74, 6) is 1.64. The van der Waals surface area contributed by atoms with E-state index in [2.05, 4.69) is 31.2 Å². The molecule has 6 nitrogen and oxygen atoms in total. The van der Waals surface area contributed by atoms with Crippen molar-refractivity contribution in [2.75, 3.05) is 23.3 Å². The van der Waals surface area contributed by atoms with Crippen molar-refractivity contribution in [2.24, 2.45) is 0 Å². The Balaban J connectivity index is 1.80. The van der Waals surface area contributed by atoms with Gasteiger partial charge < -0.3 is 10.2 Å². The highest BCUT2D eigenvalue weighted by molar-refractivity contribution is 5.58. The molecule has 0 bridgehead atoms. The van der Waals surface area contributed by atoms with Crippen LogP contribution in [-0.4, -0.2) is 34.1 Å². The van der Waals surface area contributed by atoms with E-state index in [4.69, 9.17) is 0 Å². The van der Waals surface area contributed by atoms with Crippen molar-refractivity contribution >= 4 is 11.6 Å². The normalized spacial score (nSPS) is 17.6. The number of piperidine rings is 1. The summed E-state index contributed by atoms with van der Waals surface area (Å²) in [6.07, 6.45) is 5.41. The maximum Gasteiger partial charge on any atom is 0.147 e. The highest BCUT2D eigenvalue weighted by Crippen LogP contribution is 2.25. The van der Waals surface area contributed by atoms with Crippen LogP contribution in [0, 0.1) is 25.2 Å². The number of nitrogens with one attached hydrogen (secondary N) is 1. The van der Waals surface area contributed by atoms with E-state index in [1.165, 1.54) is 0 Å². The average Bonchev–Trinajstić information content (AvgIpc) is 2.55. The molecule has 23 heavy (non-hydrogen) atoms. The average molecular weight is 308 g/mol. The molecule has 3 rings (SSSR count). The summed E-state index contributed by atoms with van der Waals surface area (Å²) in [6, 6.07) is 6.42. The van der Waals surface area contributed by atoms with Crippen LogP contribution in [0.5, 0.6) is 0 Å². The molecule has 0 aliphatic carbocycles. The molecule has 1 atom stereocenters. The molecule has 0 saturated carbocycles. The van der Waals surface area contributed by atoms with Crippen LogP contribution in [0.4, 0.5) is 11.6 Å². The fourth-order valence-electron chi connectivity index (χ4n) is 3.06. The van der Waals surface area contributed by atoms with E-state index < -0.39 is 0 Å². The summed E-state index contributed by atoms with van der Waals surface area (Å²) < 4.78 is 0. The zero-order valence-corrected chi connectivity index (χ0v) is 13.5. The number of hydrogen-bond donors (Lipinski definition) is 1. The van der Waals surface area contributed by atoms with Crippen LogP contribution in [0.25, 0.3) is 0 Å². The standard InChI is InChI=1S/C17H20N6/c1-12-8-13(2)21-17(15(12)9-18)23-7-3-4-14(10-23)22-16-5-6-19-11-20-16/h5-6,8,11,14H,3-4,7,10H2,1-2H3,(H,19,20,22). The Morgan fingerprint density at radius 2 is 2.26 bits per heavy atom. The molecule has 0 radical (unpaired) electrons. The third-order valence-corrected chi connectivity index (χ3v) is 4.09. The summed E-state index contributed by atoms with van der Waals surface area (Å²) in [5, 5.41) is 12.9. The van der Waals surface area contributed by atoms with Gasteiger partial charge >= 0.3 is 0 Å². The van der Waals surface area contributed by atoms with Crippen molar-refractivity contribution in [1.82, 2.24) is 15.0 Å². The first-order valence-electron chi connectivity index (χ1n) is 7.83. The lowest BCUT2D eigenvalue weighted by Crippen LogP contribution is -2.43. The molecule has 118 valence electrons. The smallest absolute Gasteiger partial charge is 0.147 e. The molecule has 0 amide bonds. The van der Waals surface area contributed by atoms with Crippen molar-refractivity contribution < 1.29 is 0 Å². The largest absolute Gasteiger partial charge is 0.365 e. The number of anilines is 2. The van der Waals surface area contributed by atoms with Gasteiger partial charge in [-0.1, -0.05) is 0 Å². The zero-order chi connectivity index (χ0) is 16.2. The van der Waals surface area contributed by atoms with Crippen LogP contribution < -0.4 is 10.2 Å². The second-order valence-corrected chi connectivity index (χ2v) is 5.92. The first kappa shape index (κ1) is 15.2. The van der Waals surface area contributed by atoms with Gasteiger partial charge in [-0.05, 0) is 44.4 Å². The second kappa shape index (κ2) is 6.61. The first-order valence-corrected chi connectivity index (χ1v) is 7.83. The Kier molecular flexibility index (Phi) is 4.38. The molecule has 2 aromatic rings. The molecule has 3 heterocycles. The van der Waals surface area contributed by atoms with E-state index in [-0.39, 0.29) is 6.04 Å². The Morgan fingerprint density at radius 1 is 1.39 bits per heavy atom. The highest BCUT2D eigenvalue weighted by atomic mass is 15.2. The highest BCUT2D eigenvalue weighted by Gasteiger charge is 2.24. The minimum absolute atomic E-state index is 0.285. The van der Waals surface area contributed by atoms with Gasteiger partial charge in [0.15, 0.2) is 0 Å². The third-order valence-electron chi connectivity index (χ3n) is 4.09. The van der Waals surface area contributed by atoms with Gasteiger partial charge in [-0.15, -0.1) is 0 Å². The summed E-state index contributed by atoms with van der Waals surface area (Å²) in [4.78, 5) is 15.0. The fraction of sp³-hybridized carbons (Fsp3) is 0.412. The maximum atomic E-state index is 9.47. The van der Waals surface area contributed by atoms with E-state index >= 15 is 0 Å². The van der Waals surface area contributed by atoms with Crippen LogP contribution >= 0.6 is 0 Å². The predicted molar refractivity (Wildman–Crippen MR) is 89.3 cm³/mol. The van der Waals surface area contributed by atoms with Gasteiger partial charge in [-0.3, -0.25) is 0 Å². The minimum atomic E-state index is 0.285. The van der Waals surface area contributed by atoms with Crippen molar-refractivity contribution in [1.29, 1.82) is 5.26 Å². The molecule has 1 saturated heterocycles. The van der Waals surface area contributed by atoms with Crippen molar-refractivity contribution in [3.05, 3.63) is 41.5 Å². The molecular weight excluding hydrogens is 288 g/mol. The lowest BCUT2D eigenvalue weighted by molar-refractivity contribution is 0.525. The summed E-state index contributed by atoms with van der Waals surface area (Å²) in [5.41, 5.74) is 2.61. The molecule has 1 aliphatic heterocycles. The number of nitrogens with zero attached hydrogens (tertiary/aromatic N) is 5. The van der Waals surface area contributed by atoms with Crippen LogP contribution in [0.1, 0.15) is 29.7 Å². The molecular formula is C17H20N6. The number of rotatable bonds is 3. The van der Waals surface area contributed by atoms with E-state index in [9.17, 15) is 5.26 Å². The first-order chi connectivity index (χ1) is 11.2. The number of nitriles is 1. The van der Waals surface area contributed by atoms with Gasteiger partial charge in [0, 0.05) is 31.0 Å². The van der Waals surface area contributed by atoms with Crippen LogP contribution in [0.15, 0.2) is 24.7 Å². The number of aromatic nitrogens is 3. The topological polar surface area (TPSA) is 77.7 Å². The minimum Gasteiger partial charge on any atom is -0.365 e. The molecule has 0 aromatic carbocycles. The summed E-state index contributed by atoms with van der Waals surface area (Å²) in [7, 11) is 0. The fourth-order valence-corrected chi connectivity index (χ4v) is 3.06. The Bertz CT molecular complexity index is 722. The SMILES string of the molecule is Cc1cc(C)c(C#N)c(N2CCCC(Nc3ccncn3)C2)n1. The molecule has 2 aromatic heterocycles. The van der Waals surface area contributed by atoms with E-state index in [1.807, 2.05) is 26.0 Å². The second-order valence-electron chi connectivity index (χ2n) is 5.92. The van der Waals surface area contributed by atoms with Crippen molar-refractivity contribution in [3.8, 4) is 6.07 Å². The quantitative estimate of drug-likeness (QED) is 0.938. The summed E-state index contributed by atoms with van der Waals surface area (Å²) in [6.45, 7) is 5.68. The third kappa shape index (κ3) is 3.39. The van der Waals surface area contributed by atoms with Gasteiger partial charge in [-0.25, -0.2) is 15.0 Å². The molecule has 1 fully saturated rings. The van der Waals surface area contributed by atoms with Crippen molar-refractivity contribution in [3.63, 3.8) is 0 Å². The number of pyridine rings is 1. The Morgan fingerprint density at radius 3 is 3.00 bits per heavy atom. The number of hydrogen-bond acceptors (Lipinski definition) is 6. The van der Waals surface area contributed by atoms with Crippen LogP contribution in [0.3, 0.4) is 0 Å². The van der Waals surface area contributed by atoms with E-state index in [0.717, 1.165) is 48.8 Å². The molecule has 1 aliphatic rings. The molecule has 1 N–H and O–H groups in total. The number of aryl methyl sites for hydroxylation is 2. The van der Waals surface area contributed by atoms with Gasteiger partial charge in [0.25, 0.3) is 0 Å². The molecule has 6 heteroatoms.